The van der Waals surface area contributed by atoms with E-state index >= 15 is 0 Å². The molecule has 2 aliphatic heterocycles. The van der Waals surface area contributed by atoms with Gasteiger partial charge in [0.1, 0.15) is 0 Å². The Morgan fingerprint density at radius 3 is 2.38 bits per heavy atom. The van der Waals surface area contributed by atoms with Gasteiger partial charge in [-0.1, -0.05) is 0 Å². The van der Waals surface area contributed by atoms with Crippen molar-refractivity contribution in [2.45, 2.75) is 50.2 Å². The van der Waals surface area contributed by atoms with Gasteiger partial charge in [-0.3, -0.25) is 9.69 Å². The highest BCUT2D eigenvalue weighted by molar-refractivity contribution is 5.75. The summed E-state index contributed by atoms with van der Waals surface area (Å²) in [6.45, 7) is 0.936. The molecule has 0 aromatic heterocycles. The normalized spacial score (nSPS) is 34.0. The number of hydrogen-bond donors (Lipinski definition) is 2. The zero-order valence-electron chi connectivity index (χ0n) is 10.3. The molecule has 1 amide bonds. The monoisotopic (exact) mass is 225 g/mol. The minimum Gasteiger partial charge on any atom is -0.359 e. The third-order valence-corrected chi connectivity index (χ3v) is 4.17. The molecule has 0 aromatic carbocycles. The smallest absolute Gasteiger partial charge is 0.221 e. The van der Waals surface area contributed by atoms with Crippen LogP contribution in [-0.4, -0.2) is 49.6 Å². The summed E-state index contributed by atoms with van der Waals surface area (Å²) in [5.41, 5.74) is 0. The Balaban J connectivity index is 1.86. The number of amides is 1. The molecule has 16 heavy (non-hydrogen) atoms. The molecule has 0 aliphatic carbocycles. The molecule has 2 unspecified atom stereocenters. The number of nitrogens with zero attached hydrogens (tertiary/aromatic N) is 1. The van der Waals surface area contributed by atoms with Crippen molar-refractivity contribution >= 4 is 5.91 Å². The Morgan fingerprint density at radius 2 is 1.88 bits per heavy atom. The standard InChI is InChI=1S/C12H23N3O/c1-13-9-7-10-3-4-11(8-9)15(10)6-5-12(16)14-2/h9-11,13H,3-8H2,1-2H3,(H,14,16). The lowest BCUT2D eigenvalue weighted by molar-refractivity contribution is -0.121. The molecule has 0 spiro atoms. The third-order valence-electron chi connectivity index (χ3n) is 4.17. The molecule has 2 rings (SSSR count). The number of carbonyl (C=O) groups is 1. The summed E-state index contributed by atoms with van der Waals surface area (Å²) in [7, 11) is 3.77. The summed E-state index contributed by atoms with van der Waals surface area (Å²) >= 11 is 0. The van der Waals surface area contributed by atoms with Crippen LogP contribution < -0.4 is 10.6 Å². The predicted octanol–water partition coefficient (Wildman–Crippen LogP) is 0.337. The van der Waals surface area contributed by atoms with Gasteiger partial charge in [-0.15, -0.1) is 0 Å². The quantitative estimate of drug-likeness (QED) is 0.725. The van der Waals surface area contributed by atoms with Crippen LogP contribution in [0, 0.1) is 0 Å². The molecule has 2 bridgehead atoms. The van der Waals surface area contributed by atoms with Crippen LogP contribution in [0.3, 0.4) is 0 Å². The minimum atomic E-state index is 0.162. The summed E-state index contributed by atoms with van der Waals surface area (Å²) < 4.78 is 0. The van der Waals surface area contributed by atoms with Gasteiger partial charge in [-0.2, -0.15) is 0 Å². The number of nitrogens with one attached hydrogen (secondary N) is 2. The lowest BCUT2D eigenvalue weighted by atomic mass is 9.97. The zero-order chi connectivity index (χ0) is 11.5. The Bertz CT molecular complexity index is 243. The van der Waals surface area contributed by atoms with Crippen molar-refractivity contribution in [1.82, 2.24) is 15.5 Å². The number of hydrogen-bond acceptors (Lipinski definition) is 3. The van der Waals surface area contributed by atoms with Gasteiger partial charge >= 0.3 is 0 Å². The minimum absolute atomic E-state index is 0.162. The number of rotatable bonds is 4. The van der Waals surface area contributed by atoms with Crippen LogP contribution in [-0.2, 0) is 4.79 Å². The average molecular weight is 225 g/mol. The first-order valence-corrected chi connectivity index (χ1v) is 6.38. The van der Waals surface area contributed by atoms with Gasteiger partial charge in [-0.25, -0.2) is 0 Å². The van der Waals surface area contributed by atoms with Gasteiger partial charge in [-0.05, 0) is 32.7 Å². The number of piperidine rings is 1. The second-order valence-corrected chi connectivity index (χ2v) is 5.00. The maximum Gasteiger partial charge on any atom is 0.221 e. The van der Waals surface area contributed by atoms with Crippen molar-refractivity contribution < 1.29 is 4.79 Å². The Morgan fingerprint density at radius 1 is 1.25 bits per heavy atom. The van der Waals surface area contributed by atoms with Crippen LogP contribution in [0.15, 0.2) is 0 Å². The maximum absolute atomic E-state index is 11.3. The van der Waals surface area contributed by atoms with E-state index in [1.54, 1.807) is 7.05 Å². The Kier molecular flexibility index (Phi) is 3.82. The van der Waals surface area contributed by atoms with E-state index in [1.807, 2.05) is 0 Å². The lowest BCUT2D eigenvalue weighted by Gasteiger charge is -2.38. The molecule has 2 atom stereocenters. The highest BCUT2D eigenvalue weighted by atomic mass is 16.1. The molecule has 4 nitrogen and oxygen atoms in total. The van der Waals surface area contributed by atoms with Crippen LogP contribution in [0.2, 0.25) is 0 Å². The molecule has 2 heterocycles. The first-order valence-electron chi connectivity index (χ1n) is 6.38. The molecule has 2 aliphatic rings. The molecule has 4 heteroatoms. The fraction of sp³-hybridized carbons (Fsp3) is 0.917. The first kappa shape index (κ1) is 11.9. The zero-order valence-corrected chi connectivity index (χ0v) is 10.3. The highest BCUT2D eigenvalue weighted by Gasteiger charge is 2.39. The van der Waals surface area contributed by atoms with E-state index < -0.39 is 0 Å². The Labute approximate surface area is 97.8 Å². The molecular formula is C12H23N3O. The van der Waals surface area contributed by atoms with Gasteiger partial charge in [0.15, 0.2) is 0 Å². The largest absolute Gasteiger partial charge is 0.359 e. The van der Waals surface area contributed by atoms with Crippen molar-refractivity contribution in [2.75, 3.05) is 20.6 Å². The fourth-order valence-electron chi connectivity index (χ4n) is 3.23. The fourth-order valence-corrected chi connectivity index (χ4v) is 3.23. The Hall–Kier alpha value is -0.610. The molecular weight excluding hydrogens is 202 g/mol. The van der Waals surface area contributed by atoms with Gasteiger partial charge in [0, 0.05) is 38.1 Å². The van der Waals surface area contributed by atoms with Crippen LogP contribution in [0.4, 0.5) is 0 Å². The SMILES string of the molecule is CNC(=O)CCN1C2CCC1CC(NC)C2. The van der Waals surface area contributed by atoms with Crippen molar-refractivity contribution in [3.8, 4) is 0 Å². The molecule has 92 valence electrons. The summed E-state index contributed by atoms with van der Waals surface area (Å²) in [6, 6.07) is 2.11. The third kappa shape index (κ3) is 2.38. The van der Waals surface area contributed by atoms with E-state index in [0.717, 1.165) is 6.54 Å². The van der Waals surface area contributed by atoms with Gasteiger partial charge in [0.05, 0.1) is 0 Å². The molecule has 2 N–H and O–H groups in total. The van der Waals surface area contributed by atoms with Gasteiger partial charge in [0.25, 0.3) is 0 Å². The van der Waals surface area contributed by atoms with Crippen LogP contribution in [0.1, 0.15) is 32.1 Å². The molecule has 2 saturated heterocycles. The number of carbonyl (C=O) groups excluding carboxylic acids is 1. The van der Waals surface area contributed by atoms with Crippen molar-refractivity contribution in [2.24, 2.45) is 0 Å². The predicted molar refractivity (Wildman–Crippen MR) is 64.3 cm³/mol. The van der Waals surface area contributed by atoms with E-state index in [1.165, 1.54) is 25.7 Å². The second-order valence-electron chi connectivity index (χ2n) is 5.00. The van der Waals surface area contributed by atoms with E-state index in [-0.39, 0.29) is 5.91 Å². The first-order chi connectivity index (χ1) is 7.74. The molecule has 2 fully saturated rings. The molecule has 0 radical (unpaired) electrons. The van der Waals surface area contributed by atoms with E-state index in [2.05, 4.69) is 22.6 Å². The van der Waals surface area contributed by atoms with E-state index in [0.29, 0.717) is 24.5 Å². The summed E-state index contributed by atoms with van der Waals surface area (Å²) in [5, 5.41) is 6.09. The highest BCUT2D eigenvalue weighted by Crippen LogP contribution is 2.35. The average Bonchev–Trinajstić information content (AvgIpc) is 2.55. The topological polar surface area (TPSA) is 44.4 Å². The van der Waals surface area contributed by atoms with Gasteiger partial charge in [0.2, 0.25) is 5.91 Å². The van der Waals surface area contributed by atoms with Crippen molar-refractivity contribution in [3.05, 3.63) is 0 Å². The van der Waals surface area contributed by atoms with Crippen LogP contribution in [0.5, 0.6) is 0 Å². The van der Waals surface area contributed by atoms with Crippen molar-refractivity contribution in [3.63, 3.8) is 0 Å². The lowest BCUT2D eigenvalue weighted by Crippen LogP contribution is -2.49. The van der Waals surface area contributed by atoms with Gasteiger partial charge < -0.3 is 10.6 Å². The summed E-state index contributed by atoms with van der Waals surface area (Å²) in [6.07, 6.45) is 5.78. The van der Waals surface area contributed by atoms with Crippen molar-refractivity contribution in [1.29, 1.82) is 0 Å². The van der Waals surface area contributed by atoms with E-state index in [4.69, 9.17) is 0 Å². The van der Waals surface area contributed by atoms with Crippen LogP contribution in [0.25, 0.3) is 0 Å². The number of fused-ring (bicyclic) bond motifs is 2. The molecule has 0 aromatic rings. The van der Waals surface area contributed by atoms with E-state index in [9.17, 15) is 4.79 Å². The van der Waals surface area contributed by atoms with Crippen LogP contribution >= 0.6 is 0 Å². The molecule has 0 saturated carbocycles. The summed E-state index contributed by atoms with van der Waals surface area (Å²) in [5.74, 6) is 0.162. The maximum atomic E-state index is 11.3. The second kappa shape index (κ2) is 5.15. The summed E-state index contributed by atoms with van der Waals surface area (Å²) in [4.78, 5) is 13.8.